The van der Waals surface area contributed by atoms with Gasteiger partial charge in [0.25, 0.3) is 0 Å². The van der Waals surface area contributed by atoms with E-state index >= 15 is 0 Å². The third-order valence-corrected chi connectivity index (χ3v) is 8.28. The minimum absolute atomic E-state index is 0.122. The van der Waals surface area contributed by atoms with Gasteiger partial charge in [-0.1, -0.05) is 42.5 Å². The van der Waals surface area contributed by atoms with E-state index in [9.17, 15) is 14.4 Å². The van der Waals surface area contributed by atoms with E-state index < -0.39 is 17.7 Å². The predicted molar refractivity (Wildman–Crippen MR) is 152 cm³/mol. The molecule has 3 aromatic rings. The van der Waals surface area contributed by atoms with Crippen LogP contribution in [-0.4, -0.2) is 59.1 Å². The standard InChI is InChI=1S/C31H38N4O5/c1-4-39-29(38)40-26-18-31(23-11-7-5-10-22(23)26)13-15-35(16-14-31)27(36)25(34-28(37)30(2,3)32)17-20-19-33-24-12-8-6-9-21(20)24/h5-12,19,25-26,33H,4,13-18,32H2,1-3H3,(H,34,37)/t25-,26?/m1/s1. The lowest BCUT2D eigenvalue weighted by molar-refractivity contribution is -0.138. The van der Waals surface area contributed by atoms with Crippen molar-refractivity contribution in [1.82, 2.24) is 15.2 Å². The minimum Gasteiger partial charge on any atom is -0.435 e. The van der Waals surface area contributed by atoms with Crippen LogP contribution in [0.25, 0.3) is 10.9 Å². The molecule has 40 heavy (non-hydrogen) atoms. The molecule has 2 heterocycles. The molecular formula is C31H38N4O5. The molecule has 2 aliphatic rings. The van der Waals surface area contributed by atoms with Gasteiger partial charge in [-0.25, -0.2) is 4.79 Å². The van der Waals surface area contributed by atoms with E-state index in [4.69, 9.17) is 15.2 Å². The Hall–Kier alpha value is -3.85. The predicted octanol–water partition coefficient (Wildman–Crippen LogP) is 4.11. The summed E-state index contributed by atoms with van der Waals surface area (Å²) in [6.07, 6.45) is 3.33. The third kappa shape index (κ3) is 5.43. The number of nitrogens with one attached hydrogen (secondary N) is 2. The number of likely N-dealkylation sites (tertiary alicyclic amines) is 1. The summed E-state index contributed by atoms with van der Waals surface area (Å²) in [5, 5.41) is 3.96. The molecule has 5 rings (SSSR count). The van der Waals surface area contributed by atoms with Crippen LogP contribution >= 0.6 is 0 Å². The first-order chi connectivity index (χ1) is 19.1. The molecular weight excluding hydrogens is 508 g/mol. The second kappa shape index (κ2) is 11.0. The molecule has 4 N–H and O–H groups in total. The Morgan fingerprint density at radius 1 is 1.12 bits per heavy atom. The summed E-state index contributed by atoms with van der Waals surface area (Å²) in [4.78, 5) is 44.1. The molecule has 1 fully saturated rings. The number of piperidine rings is 1. The van der Waals surface area contributed by atoms with E-state index in [1.165, 1.54) is 5.56 Å². The number of carbonyl (C=O) groups is 3. The van der Waals surface area contributed by atoms with Crippen LogP contribution in [0.3, 0.4) is 0 Å². The molecule has 0 bridgehead atoms. The second-order valence-corrected chi connectivity index (χ2v) is 11.5. The van der Waals surface area contributed by atoms with Gasteiger partial charge < -0.3 is 30.4 Å². The maximum atomic E-state index is 13.9. The number of rotatable bonds is 7. The summed E-state index contributed by atoms with van der Waals surface area (Å²) in [6, 6.07) is 15.2. The number of aromatic amines is 1. The van der Waals surface area contributed by atoms with Gasteiger partial charge in [-0.05, 0) is 62.8 Å². The Bertz CT molecular complexity index is 1400. The largest absolute Gasteiger partial charge is 0.508 e. The summed E-state index contributed by atoms with van der Waals surface area (Å²) in [7, 11) is 0. The Morgan fingerprint density at radius 3 is 2.55 bits per heavy atom. The van der Waals surface area contributed by atoms with E-state index in [-0.39, 0.29) is 29.9 Å². The lowest BCUT2D eigenvalue weighted by atomic mass is 9.73. The summed E-state index contributed by atoms with van der Waals surface area (Å²) in [6.45, 7) is 6.34. The summed E-state index contributed by atoms with van der Waals surface area (Å²) in [5.74, 6) is -0.494. The zero-order chi connectivity index (χ0) is 28.5. The van der Waals surface area contributed by atoms with Crippen LogP contribution in [0.4, 0.5) is 4.79 Å². The van der Waals surface area contributed by atoms with E-state index in [1.54, 1.807) is 20.8 Å². The number of fused-ring (bicyclic) bond motifs is 3. The number of nitrogens with two attached hydrogens (primary N) is 1. The van der Waals surface area contributed by atoms with Gasteiger partial charge in [0.05, 0.1) is 12.1 Å². The number of hydrogen-bond donors (Lipinski definition) is 3. The van der Waals surface area contributed by atoms with Gasteiger partial charge >= 0.3 is 6.16 Å². The van der Waals surface area contributed by atoms with Crippen LogP contribution in [-0.2, 0) is 30.9 Å². The normalized spacial score (nSPS) is 18.8. The fraction of sp³-hybridized carbons (Fsp3) is 0.452. The maximum absolute atomic E-state index is 13.9. The van der Waals surface area contributed by atoms with Crippen molar-refractivity contribution in [2.45, 2.75) is 69.6 Å². The van der Waals surface area contributed by atoms with Crippen molar-refractivity contribution < 1.29 is 23.9 Å². The number of benzene rings is 2. The first-order valence-corrected chi connectivity index (χ1v) is 14.0. The van der Waals surface area contributed by atoms with Gasteiger partial charge in [0.2, 0.25) is 11.8 Å². The molecule has 1 aromatic heterocycles. The lowest BCUT2D eigenvalue weighted by Gasteiger charge is -2.41. The highest BCUT2D eigenvalue weighted by Crippen LogP contribution is 2.52. The quantitative estimate of drug-likeness (QED) is 0.383. The fourth-order valence-electron chi connectivity index (χ4n) is 6.12. The third-order valence-electron chi connectivity index (χ3n) is 8.28. The van der Waals surface area contributed by atoms with Crippen LogP contribution in [0.2, 0.25) is 0 Å². The Balaban J connectivity index is 1.33. The smallest absolute Gasteiger partial charge is 0.435 e. The number of aromatic nitrogens is 1. The van der Waals surface area contributed by atoms with Crippen molar-refractivity contribution in [1.29, 1.82) is 0 Å². The first-order valence-electron chi connectivity index (χ1n) is 14.0. The van der Waals surface area contributed by atoms with E-state index in [0.717, 1.165) is 34.9 Å². The van der Waals surface area contributed by atoms with Crippen molar-refractivity contribution >= 4 is 28.9 Å². The molecule has 1 unspecified atom stereocenters. The van der Waals surface area contributed by atoms with E-state index in [1.807, 2.05) is 53.6 Å². The van der Waals surface area contributed by atoms with Gasteiger partial charge in [0.1, 0.15) is 12.1 Å². The van der Waals surface area contributed by atoms with Crippen LogP contribution in [0, 0.1) is 0 Å². The Morgan fingerprint density at radius 2 is 1.82 bits per heavy atom. The van der Waals surface area contributed by atoms with E-state index in [2.05, 4.69) is 16.4 Å². The molecule has 0 radical (unpaired) electrons. The van der Waals surface area contributed by atoms with Crippen LogP contribution in [0.1, 0.15) is 62.8 Å². The summed E-state index contributed by atoms with van der Waals surface area (Å²) in [5.41, 5.74) is 8.87. The molecule has 212 valence electrons. The van der Waals surface area contributed by atoms with Crippen molar-refractivity contribution in [2.24, 2.45) is 5.73 Å². The zero-order valence-electron chi connectivity index (χ0n) is 23.4. The number of H-pyrrole nitrogens is 1. The number of ether oxygens (including phenoxy) is 2. The fourth-order valence-corrected chi connectivity index (χ4v) is 6.12. The van der Waals surface area contributed by atoms with Gasteiger partial charge in [0, 0.05) is 42.0 Å². The molecule has 9 nitrogen and oxygen atoms in total. The monoisotopic (exact) mass is 546 g/mol. The highest BCUT2D eigenvalue weighted by molar-refractivity contribution is 5.92. The topological polar surface area (TPSA) is 127 Å². The average Bonchev–Trinajstić information content (AvgIpc) is 3.47. The number of amides is 2. The second-order valence-electron chi connectivity index (χ2n) is 11.5. The highest BCUT2D eigenvalue weighted by atomic mass is 16.7. The van der Waals surface area contributed by atoms with Gasteiger partial charge in [-0.15, -0.1) is 0 Å². The number of carbonyl (C=O) groups excluding carboxylic acids is 3. The molecule has 1 aliphatic carbocycles. The lowest BCUT2D eigenvalue weighted by Crippen LogP contribution is -2.58. The Kier molecular flexibility index (Phi) is 7.59. The number of nitrogens with zero attached hydrogens (tertiary/aromatic N) is 1. The molecule has 2 atom stereocenters. The first kappa shape index (κ1) is 27.7. The number of para-hydroxylation sites is 1. The van der Waals surface area contributed by atoms with Gasteiger partial charge in [-0.2, -0.15) is 0 Å². The summed E-state index contributed by atoms with van der Waals surface area (Å²) >= 11 is 0. The van der Waals surface area contributed by atoms with Crippen LogP contribution < -0.4 is 11.1 Å². The molecule has 1 saturated heterocycles. The van der Waals surface area contributed by atoms with Crippen molar-refractivity contribution in [3.8, 4) is 0 Å². The minimum atomic E-state index is -1.12. The molecule has 1 spiro atoms. The van der Waals surface area contributed by atoms with Crippen molar-refractivity contribution in [3.05, 3.63) is 71.4 Å². The average molecular weight is 547 g/mol. The molecule has 0 saturated carbocycles. The summed E-state index contributed by atoms with van der Waals surface area (Å²) < 4.78 is 10.7. The molecule has 2 aromatic carbocycles. The van der Waals surface area contributed by atoms with Gasteiger partial charge in [-0.3, -0.25) is 9.59 Å². The van der Waals surface area contributed by atoms with Crippen molar-refractivity contribution in [2.75, 3.05) is 19.7 Å². The van der Waals surface area contributed by atoms with Crippen LogP contribution in [0.5, 0.6) is 0 Å². The number of hydrogen-bond acceptors (Lipinski definition) is 6. The SMILES string of the molecule is CCOC(=O)OC1CC2(CCN(C(=O)[C@@H](Cc3c[nH]c4ccccc34)NC(=O)C(C)(C)N)CC2)c2ccccc21. The maximum Gasteiger partial charge on any atom is 0.508 e. The molecule has 1 aliphatic heterocycles. The molecule has 9 heteroatoms. The zero-order valence-corrected chi connectivity index (χ0v) is 23.4. The molecule has 2 amide bonds. The van der Waals surface area contributed by atoms with Gasteiger partial charge in [0.15, 0.2) is 0 Å². The van der Waals surface area contributed by atoms with Crippen LogP contribution in [0.15, 0.2) is 54.7 Å². The van der Waals surface area contributed by atoms with Crippen molar-refractivity contribution in [3.63, 3.8) is 0 Å². The Labute approximate surface area is 234 Å². The highest BCUT2D eigenvalue weighted by Gasteiger charge is 2.48. The van der Waals surface area contributed by atoms with E-state index in [0.29, 0.717) is 25.9 Å².